The number of carbonyl (C=O) groups is 2. The van der Waals surface area contributed by atoms with Crippen molar-refractivity contribution in [2.75, 3.05) is 6.61 Å². The highest BCUT2D eigenvalue weighted by Crippen LogP contribution is 2.17. The Hall–Kier alpha value is -1.92. The zero-order chi connectivity index (χ0) is 38.9. The molecule has 0 aromatic rings. The summed E-state index contributed by atoms with van der Waals surface area (Å²) < 4.78 is 5.86. The fourth-order valence-electron chi connectivity index (χ4n) is 6.84. The van der Waals surface area contributed by atoms with Crippen molar-refractivity contribution in [3.63, 3.8) is 0 Å². The highest BCUT2D eigenvalue weighted by Gasteiger charge is 2.24. The van der Waals surface area contributed by atoms with Gasteiger partial charge in [0.25, 0.3) is 0 Å². The number of esters is 1. The van der Waals surface area contributed by atoms with Gasteiger partial charge in [-0.05, 0) is 44.9 Å². The van der Waals surface area contributed by atoms with Crippen molar-refractivity contribution in [1.82, 2.24) is 5.32 Å². The Labute approximate surface area is 328 Å². The second kappa shape index (κ2) is 41.2. The smallest absolute Gasteiger partial charge is 0.306 e. The molecule has 0 saturated carbocycles. The van der Waals surface area contributed by atoms with Gasteiger partial charge >= 0.3 is 5.97 Å². The predicted molar refractivity (Wildman–Crippen MR) is 227 cm³/mol. The molecule has 6 heteroatoms. The van der Waals surface area contributed by atoms with Gasteiger partial charge in [0.05, 0.1) is 25.2 Å². The third kappa shape index (κ3) is 36.8. The summed E-state index contributed by atoms with van der Waals surface area (Å²) in [6.07, 6.45) is 46.4. The van der Waals surface area contributed by atoms with E-state index in [0.29, 0.717) is 19.3 Å². The lowest BCUT2D eigenvalue weighted by molar-refractivity contribution is -0.151. The topological polar surface area (TPSA) is 95.9 Å². The third-order valence-electron chi connectivity index (χ3n) is 10.3. The van der Waals surface area contributed by atoms with E-state index in [0.717, 1.165) is 77.0 Å². The second-order valence-electron chi connectivity index (χ2n) is 15.5. The van der Waals surface area contributed by atoms with Crippen molar-refractivity contribution < 1.29 is 24.5 Å². The fourth-order valence-corrected chi connectivity index (χ4v) is 6.84. The number of unbranched alkanes of at least 4 members (excludes halogenated alkanes) is 24. The van der Waals surface area contributed by atoms with E-state index in [1.807, 2.05) is 0 Å². The van der Waals surface area contributed by atoms with E-state index in [1.54, 1.807) is 0 Å². The maximum Gasteiger partial charge on any atom is 0.306 e. The van der Waals surface area contributed by atoms with Gasteiger partial charge in [-0.1, -0.05) is 205 Å². The number of carbonyl (C=O) groups excluding carboxylic acids is 2. The van der Waals surface area contributed by atoms with Crippen molar-refractivity contribution in [3.8, 4) is 0 Å². The van der Waals surface area contributed by atoms with Gasteiger partial charge in [0.15, 0.2) is 0 Å². The Morgan fingerprint density at radius 1 is 0.566 bits per heavy atom. The number of nitrogens with one attached hydrogen (secondary N) is 1. The maximum atomic E-state index is 13.1. The van der Waals surface area contributed by atoms with Crippen molar-refractivity contribution in [1.29, 1.82) is 0 Å². The summed E-state index contributed by atoms with van der Waals surface area (Å²) >= 11 is 0. The molecule has 0 aliphatic rings. The van der Waals surface area contributed by atoms with Crippen LogP contribution >= 0.6 is 0 Å². The van der Waals surface area contributed by atoms with E-state index in [-0.39, 0.29) is 24.9 Å². The van der Waals surface area contributed by atoms with Crippen LogP contribution in [0.4, 0.5) is 0 Å². The first-order valence-electron chi connectivity index (χ1n) is 22.7. The molecule has 0 rings (SSSR count). The Balaban J connectivity index is 4.44. The molecule has 0 fully saturated rings. The zero-order valence-electron chi connectivity index (χ0n) is 35.1. The van der Waals surface area contributed by atoms with Gasteiger partial charge < -0.3 is 20.3 Å². The molecule has 0 spiro atoms. The Bertz CT molecular complexity index is 884. The molecule has 310 valence electrons. The monoisotopic (exact) mass is 746 g/mol. The van der Waals surface area contributed by atoms with Crippen molar-refractivity contribution >= 4 is 11.9 Å². The van der Waals surface area contributed by atoms with E-state index in [1.165, 1.54) is 103 Å². The lowest BCUT2D eigenvalue weighted by Crippen LogP contribution is -2.46. The number of hydrogen-bond acceptors (Lipinski definition) is 5. The summed E-state index contributed by atoms with van der Waals surface area (Å²) in [5, 5.41) is 23.6. The fraction of sp³-hybridized carbons (Fsp3) is 0.830. The van der Waals surface area contributed by atoms with Crippen LogP contribution < -0.4 is 5.32 Å². The Morgan fingerprint density at radius 3 is 1.53 bits per heavy atom. The first-order valence-corrected chi connectivity index (χ1v) is 22.7. The van der Waals surface area contributed by atoms with Crippen LogP contribution in [0.25, 0.3) is 0 Å². The van der Waals surface area contributed by atoms with Gasteiger partial charge in [0, 0.05) is 6.42 Å². The molecule has 0 aromatic carbocycles. The van der Waals surface area contributed by atoms with E-state index >= 15 is 0 Å². The van der Waals surface area contributed by atoms with Crippen molar-refractivity contribution in [2.45, 2.75) is 244 Å². The molecule has 0 aromatic heterocycles. The molecule has 3 unspecified atom stereocenters. The van der Waals surface area contributed by atoms with Gasteiger partial charge in [-0.15, -0.1) is 0 Å². The number of aliphatic hydroxyl groups is 2. The SMILES string of the molecule is CC/C=C/C=C/C=C\CCCCCCCC(=O)OC(CCCCCCCCC)CC(=O)NC(CO)C(O)CCCCCCCCCCCCCCCC. The van der Waals surface area contributed by atoms with Gasteiger partial charge in [0.2, 0.25) is 5.91 Å². The molecule has 0 aliphatic carbocycles. The van der Waals surface area contributed by atoms with Crippen LogP contribution in [0.1, 0.15) is 226 Å². The molecule has 0 bridgehead atoms. The molecule has 3 N–H and O–H groups in total. The van der Waals surface area contributed by atoms with E-state index in [4.69, 9.17) is 4.74 Å². The normalized spacial score (nSPS) is 13.7. The largest absolute Gasteiger partial charge is 0.462 e. The number of rotatable bonds is 40. The third-order valence-corrected chi connectivity index (χ3v) is 10.3. The quantitative estimate of drug-likeness (QED) is 0.0330. The molecular formula is C47H87NO5. The minimum atomic E-state index is -0.786. The summed E-state index contributed by atoms with van der Waals surface area (Å²) in [5.74, 6) is -0.499. The lowest BCUT2D eigenvalue weighted by atomic mass is 10.0. The van der Waals surface area contributed by atoms with Crippen LogP contribution in [0.5, 0.6) is 0 Å². The number of hydrogen-bond donors (Lipinski definition) is 3. The average Bonchev–Trinajstić information content (AvgIpc) is 3.15. The van der Waals surface area contributed by atoms with Crippen molar-refractivity contribution in [2.24, 2.45) is 0 Å². The zero-order valence-corrected chi connectivity index (χ0v) is 35.1. The molecular weight excluding hydrogens is 659 g/mol. The van der Waals surface area contributed by atoms with Gasteiger partial charge in [0.1, 0.15) is 6.10 Å². The molecule has 0 heterocycles. The van der Waals surface area contributed by atoms with Gasteiger partial charge in [-0.3, -0.25) is 9.59 Å². The summed E-state index contributed by atoms with van der Waals surface area (Å²) in [5.41, 5.74) is 0. The Morgan fingerprint density at radius 2 is 1.02 bits per heavy atom. The summed E-state index contributed by atoms with van der Waals surface area (Å²) in [7, 11) is 0. The van der Waals surface area contributed by atoms with Crippen LogP contribution in [-0.2, 0) is 14.3 Å². The van der Waals surface area contributed by atoms with E-state index < -0.39 is 18.2 Å². The Kier molecular flexibility index (Phi) is 39.8. The number of allylic oxidation sites excluding steroid dienone is 6. The molecule has 1 amide bonds. The molecule has 0 saturated heterocycles. The van der Waals surface area contributed by atoms with Crippen molar-refractivity contribution in [3.05, 3.63) is 36.5 Å². The molecule has 6 nitrogen and oxygen atoms in total. The van der Waals surface area contributed by atoms with E-state index in [9.17, 15) is 19.8 Å². The maximum absolute atomic E-state index is 13.1. The van der Waals surface area contributed by atoms with Crippen LogP contribution in [-0.4, -0.2) is 46.9 Å². The van der Waals surface area contributed by atoms with Crippen LogP contribution in [0.2, 0.25) is 0 Å². The second-order valence-corrected chi connectivity index (χ2v) is 15.5. The molecule has 3 atom stereocenters. The highest BCUT2D eigenvalue weighted by molar-refractivity contribution is 5.77. The molecule has 0 aliphatic heterocycles. The lowest BCUT2D eigenvalue weighted by Gasteiger charge is -2.24. The first kappa shape index (κ1) is 51.1. The van der Waals surface area contributed by atoms with E-state index in [2.05, 4.69) is 62.5 Å². The molecule has 53 heavy (non-hydrogen) atoms. The minimum Gasteiger partial charge on any atom is -0.462 e. The summed E-state index contributed by atoms with van der Waals surface area (Å²) in [6, 6.07) is -0.700. The average molecular weight is 746 g/mol. The van der Waals surface area contributed by atoms with Crippen LogP contribution in [0, 0.1) is 0 Å². The van der Waals surface area contributed by atoms with Crippen LogP contribution in [0.15, 0.2) is 36.5 Å². The molecule has 0 radical (unpaired) electrons. The van der Waals surface area contributed by atoms with Gasteiger partial charge in [-0.2, -0.15) is 0 Å². The first-order chi connectivity index (χ1) is 26.0. The predicted octanol–water partition coefficient (Wildman–Crippen LogP) is 12.9. The summed E-state index contributed by atoms with van der Waals surface area (Å²) in [6.45, 7) is 6.31. The summed E-state index contributed by atoms with van der Waals surface area (Å²) in [4.78, 5) is 25.9. The van der Waals surface area contributed by atoms with Crippen LogP contribution in [0.3, 0.4) is 0 Å². The minimum absolute atomic E-state index is 0.0707. The number of amides is 1. The van der Waals surface area contributed by atoms with Gasteiger partial charge in [-0.25, -0.2) is 0 Å². The number of aliphatic hydroxyl groups excluding tert-OH is 2. The highest BCUT2D eigenvalue weighted by atomic mass is 16.5. The number of ether oxygens (including phenoxy) is 1. The standard InChI is InChI=1S/C47H87NO5/c1-4-7-10-13-16-18-20-22-24-25-27-30-33-36-39-45(50)44(42-49)48-46(51)41-43(38-35-32-29-15-12-9-6-3)53-47(52)40-37-34-31-28-26-23-21-19-17-14-11-8-5-2/h8,11,14,17,19,21,43-45,49-50H,4-7,9-10,12-13,15-16,18,20,22-42H2,1-3H3,(H,48,51)/b11-8+,17-14+,21-19-.